The number of rotatable bonds is 4. The topological polar surface area (TPSA) is 76.5 Å². The summed E-state index contributed by atoms with van der Waals surface area (Å²) in [7, 11) is 0. The van der Waals surface area contributed by atoms with Gasteiger partial charge in [-0.25, -0.2) is 4.68 Å². The van der Waals surface area contributed by atoms with Crippen LogP contribution in [0.3, 0.4) is 0 Å². The maximum Gasteiger partial charge on any atom is 0.258 e. The standard InChI is InChI=1S/C22H22N4O3/c1-16-19(22(28)25-10-12-29-13-11-25)8-5-9-20(16)24-21(27)17-14-23-26(15-17)18-6-3-2-4-7-18/h2-9,14-15H,10-13H2,1H3,(H,24,27). The molecule has 1 aliphatic heterocycles. The molecule has 0 aliphatic carbocycles. The molecule has 3 aromatic rings. The second-order valence-corrected chi connectivity index (χ2v) is 6.85. The summed E-state index contributed by atoms with van der Waals surface area (Å²) in [6.45, 7) is 4.09. The molecule has 0 spiro atoms. The van der Waals surface area contributed by atoms with Crippen LogP contribution in [0.4, 0.5) is 5.69 Å². The molecule has 1 N–H and O–H groups in total. The normalized spacial score (nSPS) is 13.9. The van der Waals surface area contributed by atoms with Gasteiger partial charge >= 0.3 is 0 Å². The van der Waals surface area contributed by atoms with Gasteiger partial charge in [-0.3, -0.25) is 9.59 Å². The summed E-state index contributed by atoms with van der Waals surface area (Å²) < 4.78 is 6.97. The zero-order valence-electron chi connectivity index (χ0n) is 16.2. The van der Waals surface area contributed by atoms with Gasteiger partial charge in [-0.2, -0.15) is 5.10 Å². The average molecular weight is 390 g/mol. The molecule has 0 saturated carbocycles. The van der Waals surface area contributed by atoms with Gasteiger partial charge in [0, 0.05) is 30.5 Å². The minimum atomic E-state index is -0.272. The molecule has 1 aromatic heterocycles. The molecule has 1 aliphatic rings. The van der Waals surface area contributed by atoms with Crippen LogP contribution in [0.5, 0.6) is 0 Å². The van der Waals surface area contributed by atoms with Crippen molar-refractivity contribution in [1.29, 1.82) is 0 Å². The van der Waals surface area contributed by atoms with E-state index in [-0.39, 0.29) is 11.8 Å². The lowest BCUT2D eigenvalue weighted by atomic mass is 10.0. The van der Waals surface area contributed by atoms with Crippen molar-refractivity contribution in [3.63, 3.8) is 0 Å². The van der Waals surface area contributed by atoms with Crippen LogP contribution in [0.1, 0.15) is 26.3 Å². The fourth-order valence-electron chi connectivity index (χ4n) is 3.30. The number of benzene rings is 2. The van der Waals surface area contributed by atoms with Crippen LogP contribution < -0.4 is 5.32 Å². The first-order valence-corrected chi connectivity index (χ1v) is 9.51. The van der Waals surface area contributed by atoms with Gasteiger partial charge in [0.25, 0.3) is 11.8 Å². The van der Waals surface area contributed by atoms with Gasteiger partial charge in [0.15, 0.2) is 0 Å². The van der Waals surface area contributed by atoms with E-state index in [1.165, 1.54) is 6.20 Å². The van der Waals surface area contributed by atoms with E-state index in [0.717, 1.165) is 11.3 Å². The van der Waals surface area contributed by atoms with Crippen molar-refractivity contribution in [3.8, 4) is 5.69 Å². The van der Waals surface area contributed by atoms with E-state index in [4.69, 9.17) is 4.74 Å². The minimum absolute atomic E-state index is 0.0428. The fraction of sp³-hybridized carbons (Fsp3) is 0.227. The number of carbonyl (C=O) groups is 2. The van der Waals surface area contributed by atoms with Gasteiger partial charge in [0.05, 0.1) is 30.7 Å². The predicted octanol–water partition coefficient (Wildman–Crippen LogP) is 2.91. The van der Waals surface area contributed by atoms with Crippen molar-refractivity contribution in [2.75, 3.05) is 31.6 Å². The largest absolute Gasteiger partial charge is 0.378 e. The van der Waals surface area contributed by atoms with Crippen LogP contribution in [0, 0.1) is 6.92 Å². The van der Waals surface area contributed by atoms with Crippen LogP contribution in [-0.2, 0) is 4.74 Å². The molecule has 0 radical (unpaired) electrons. The number of anilines is 1. The third-order valence-electron chi connectivity index (χ3n) is 4.98. The lowest BCUT2D eigenvalue weighted by Crippen LogP contribution is -2.41. The Hall–Kier alpha value is -3.45. The Morgan fingerprint density at radius 3 is 2.55 bits per heavy atom. The summed E-state index contributed by atoms with van der Waals surface area (Å²) in [5.74, 6) is -0.315. The van der Waals surface area contributed by atoms with Crippen LogP contribution in [0.15, 0.2) is 60.9 Å². The number of morpholine rings is 1. The van der Waals surface area contributed by atoms with E-state index in [1.54, 1.807) is 34.0 Å². The van der Waals surface area contributed by atoms with E-state index in [0.29, 0.717) is 43.1 Å². The highest BCUT2D eigenvalue weighted by Gasteiger charge is 2.21. The Kier molecular flexibility index (Phi) is 5.39. The molecule has 1 saturated heterocycles. The molecule has 4 rings (SSSR count). The first-order chi connectivity index (χ1) is 14.1. The van der Waals surface area contributed by atoms with Gasteiger partial charge < -0.3 is 15.0 Å². The molecule has 7 heteroatoms. The molecule has 148 valence electrons. The van der Waals surface area contributed by atoms with Gasteiger partial charge in [-0.05, 0) is 36.8 Å². The Morgan fingerprint density at radius 1 is 1.03 bits per heavy atom. The maximum atomic E-state index is 12.8. The quantitative estimate of drug-likeness (QED) is 0.743. The second kappa shape index (κ2) is 8.28. The highest BCUT2D eigenvalue weighted by atomic mass is 16.5. The number of nitrogens with zero attached hydrogens (tertiary/aromatic N) is 3. The molecule has 7 nitrogen and oxygen atoms in total. The molecule has 2 heterocycles. The molecule has 2 amide bonds. The summed E-state index contributed by atoms with van der Waals surface area (Å²) in [5, 5.41) is 7.16. The first-order valence-electron chi connectivity index (χ1n) is 9.51. The predicted molar refractivity (Wildman–Crippen MR) is 109 cm³/mol. The summed E-state index contributed by atoms with van der Waals surface area (Å²) in [5.41, 5.74) is 3.26. The zero-order valence-corrected chi connectivity index (χ0v) is 16.2. The first kappa shape index (κ1) is 18.9. The van der Waals surface area contributed by atoms with E-state index in [9.17, 15) is 9.59 Å². The van der Waals surface area contributed by atoms with Crippen LogP contribution in [0.2, 0.25) is 0 Å². The zero-order chi connectivity index (χ0) is 20.2. The summed E-state index contributed by atoms with van der Waals surface area (Å²) >= 11 is 0. The number of aromatic nitrogens is 2. The van der Waals surface area contributed by atoms with Crippen molar-refractivity contribution in [2.45, 2.75) is 6.92 Å². The Morgan fingerprint density at radius 2 is 1.79 bits per heavy atom. The number of ether oxygens (including phenoxy) is 1. The van der Waals surface area contributed by atoms with E-state index in [2.05, 4.69) is 10.4 Å². The monoisotopic (exact) mass is 390 g/mol. The van der Waals surface area contributed by atoms with Gasteiger partial charge in [-0.15, -0.1) is 0 Å². The Labute approximate surface area is 168 Å². The fourth-order valence-corrected chi connectivity index (χ4v) is 3.30. The van der Waals surface area contributed by atoms with Crippen molar-refractivity contribution in [2.24, 2.45) is 0 Å². The van der Waals surface area contributed by atoms with Crippen LogP contribution >= 0.6 is 0 Å². The van der Waals surface area contributed by atoms with E-state index < -0.39 is 0 Å². The van der Waals surface area contributed by atoms with E-state index in [1.807, 2.05) is 37.3 Å². The molecule has 0 atom stereocenters. The number of amides is 2. The third-order valence-corrected chi connectivity index (χ3v) is 4.98. The van der Waals surface area contributed by atoms with Crippen LogP contribution in [0.25, 0.3) is 5.69 Å². The van der Waals surface area contributed by atoms with Crippen molar-refractivity contribution >= 4 is 17.5 Å². The molecule has 0 unspecified atom stereocenters. The minimum Gasteiger partial charge on any atom is -0.378 e. The number of hydrogen-bond acceptors (Lipinski definition) is 4. The summed E-state index contributed by atoms with van der Waals surface area (Å²) in [6, 6.07) is 15.0. The smallest absolute Gasteiger partial charge is 0.258 e. The maximum absolute atomic E-state index is 12.8. The van der Waals surface area contributed by atoms with Gasteiger partial charge in [0.1, 0.15) is 0 Å². The van der Waals surface area contributed by atoms with Gasteiger partial charge in [-0.1, -0.05) is 24.3 Å². The molecular formula is C22H22N4O3. The van der Waals surface area contributed by atoms with Crippen molar-refractivity contribution in [3.05, 3.63) is 77.6 Å². The number of para-hydroxylation sites is 1. The van der Waals surface area contributed by atoms with E-state index >= 15 is 0 Å². The number of carbonyl (C=O) groups excluding carboxylic acids is 2. The molecule has 29 heavy (non-hydrogen) atoms. The van der Waals surface area contributed by atoms with Crippen molar-refractivity contribution in [1.82, 2.24) is 14.7 Å². The highest BCUT2D eigenvalue weighted by molar-refractivity contribution is 6.05. The number of hydrogen-bond donors (Lipinski definition) is 1. The SMILES string of the molecule is Cc1c(NC(=O)c2cnn(-c3ccccc3)c2)cccc1C(=O)N1CCOCC1. The van der Waals surface area contributed by atoms with Crippen LogP contribution in [-0.4, -0.2) is 52.8 Å². The lowest BCUT2D eigenvalue weighted by Gasteiger charge is -2.27. The molecule has 0 bridgehead atoms. The Balaban J connectivity index is 1.52. The molecule has 2 aromatic carbocycles. The van der Waals surface area contributed by atoms with Crippen molar-refractivity contribution < 1.29 is 14.3 Å². The highest BCUT2D eigenvalue weighted by Crippen LogP contribution is 2.22. The molecule has 1 fully saturated rings. The summed E-state index contributed by atoms with van der Waals surface area (Å²) in [4.78, 5) is 27.3. The third kappa shape index (κ3) is 4.05. The second-order valence-electron chi connectivity index (χ2n) is 6.85. The Bertz CT molecular complexity index is 1020. The van der Waals surface area contributed by atoms with Gasteiger partial charge in [0.2, 0.25) is 0 Å². The lowest BCUT2D eigenvalue weighted by molar-refractivity contribution is 0.0302. The molecular weight excluding hydrogens is 368 g/mol. The summed E-state index contributed by atoms with van der Waals surface area (Å²) in [6.07, 6.45) is 3.21. The number of nitrogens with one attached hydrogen (secondary N) is 1. The average Bonchev–Trinajstić information content (AvgIpc) is 3.26.